The molecule has 1 amide bonds. The van der Waals surface area contributed by atoms with Gasteiger partial charge in [-0.05, 0) is 113 Å². The van der Waals surface area contributed by atoms with Gasteiger partial charge in [0, 0.05) is 17.1 Å². The van der Waals surface area contributed by atoms with Crippen molar-refractivity contribution in [3.8, 4) is 28.0 Å². The maximum atomic E-state index is 13.8. The van der Waals surface area contributed by atoms with Gasteiger partial charge >= 0.3 is 5.97 Å². The van der Waals surface area contributed by atoms with Gasteiger partial charge in [-0.25, -0.2) is 4.79 Å². The van der Waals surface area contributed by atoms with Gasteiger partial charge in [-0.2, -0.15) is 0 Å². The largest absolute Gasteiger partial charge is 0.493 e. The van der Waals surface area contributed by atoms with E-state index in [9.17, 15) is 14.7 Å². The zero-order valence-corrected chi connectivity index (χ0v) is 28.0. The van der Waals surface area contributed by atoms with Crippen LogP contribution in [0.5, 0.6) is 5.75 Å². The second kappa shape index (κ2) is 16.6. The van der Waals surface area contributed by atoms with Crippen LogP contribution in [-0.4, -0.2) is 30.6 Å². The highest BCUT2D eigenvalue weighted by Gasteiger charge is 2.22. The van der Waals surface area contributed by atoms with Gasteiger partial charge in [0.2, 0.25) is 5.91 Å². The Morgan fingerprint density at radius 2 is 1.47 bits per heavy atom. The van der Waals surface area contributed by atoms with Gasteiger partial charge in [0.1, 0.15) is 5.75 Å². The molecule has 1 atom stereocenters. The van der Waals surface area contributed by atoms with Gasteiger partial charge in [0.05, 0.1) is 18.1 Å². The third kappa shape index (κ3) is 8.67. The van der Waals surface area contributed by atoms with Crippen LogP contribution in [0.4, 0.5) is 5.69 Å². The normalized spacial score (nSPS) is 11.9. The highest BCUT2D eigenvalue weighted by atomic mass is 35.5. The molecule has 0 spiro atoms. The second-order valence-corrected chi connectivity index (χ2v) is 11.3. The fraction of sp³-hybridized carbons (Fsp3) is 0.200. The Hall–Kier alpha value is -4.91. The number of carbonyl (C=O) groups excluding carboxylic acids is 1. The highest BCUT2D eigenvalue weighted by molar-refractivity contribution is 6.30. The summed E-state index contributed by atoms with van der Waals surface area (Å²) < 4.78 is 5.65. The minimum absolute atomic E-state index is 0.139. The maximum absolute atomic E-state index is 13.8. The number of fused-ring (bicyclic) bond motifs is 1. The van der Waals surface area contributed by atoms with E-state index in [0.717, 1.165) is 51.1 Å². The number of hydrogen-bond donors (Lipinski definition) is 3. The third-order valence-electron chi connectivity index (χ3n) is 7.94. The lowest BCUT2D eigenvalue weighted by Crippen LogP contribution is -2.23. The number of nitrogens with one attached hydrogen (secondary N) is 1. The highest BCUT2D eigenvalue weighted by Crippen LogP contribution is 2.32. The van der Waals surface area contributed by atoms with Crippen LogP contribution >= 0.6 is 11.6 Å². The molecule has 1 unspecified atom stereocenters. The van der Waals surface area contributed by atoms with Crippen molar-refractivity contribution < 1.29 is 19.4 Å². The molecule has 6 nitrogen and oxygen atoms in total. The number of aromatic carboxylic acids is 1. The molecule has 0 aliphatic carbocycles. The van der Waals surface area contributed by atoms with Crippen molar-refractivity contribution in [1.29, 1.82) is 0 Å². The lowest BCUT2D eigenvalue weighted by atomic mass is 9.89. The van der Waals surface area contributed by atoms with Crippen LogP contribution in [0.1, 0.15) is 52.4 Å². The molecular weight excluding hydrogens is 608 g/mol. The Balaban J connectivity index is 0.00000120. The molecule has 0 radical (unpaired) electrons. The number of carboxylic acids is 1. The Morgan fingerprint density at radius 1 is 0.830 bits per heavy atom. The van der Waals surface area contributed by atoms with Crippen molar-refractivity contribution in [2.45, 2.75) is 39.5 Å². The van der Waals surface area contributed by atoms with E-state index >= 15 is 0 Å². The van der Waals surface area contributed by atoms with Crippen molar-refractivity contribution >= 4 is 29.2 Å². The lowest BCUT2D eigenvalue weighted by Gasteiger charge is -2.19. The molecule has 0 bridgehead atoms. The van der Waals surface area contributed by atoms with Crippen LogP contribution in [-0.2, 0) is 17.6 Å². The molecule has 1 aliphatic rings. The van der Waals surface area contributed by atoms with E-state index in [4.69, 9.17) is 16.3 Å². The first-order chi connectivity index (χ1) is 22.8. The molecule has 242 valence electrons. The van der Waals surface area contributed by atoms with E-state index in [-0.39, 0.29) is 11.5 Å². The summed E-state index contributed by atoms with van der Waals surface area (Å²) in [4.78, 5) is 25.1. The summed E-state index contributed by atoms with van der Waals surface area (Å²) in [6.45, 7) is 6.74. The Labute approximate surface area is 282 Å². The number of halogens is 1. The predicted octanol–water partition coefficient (Wildman–Crippen LogP) is 9.18. The van der Waals surface area contributed by atoms with Crippen LogP contribution in [0.3, 0.4) is 0 Å². The van der Waals surface area contributed by atoms with E-state index in [2.05, 4.69) is 23.2 Å². The van der Waals surface area contributed by atoms with Crippen molar-refractivity contribution in [1.82, 2.24) is 0 Å². The van der Waals surface area contributed by atoms with Crippen LogP contribution in [0, 0.1) is 6.92 Å². The van der Waals surface area contributed by atoms with Gasteiger partial charge in [0.15, 0.2) is 0 Å². The average Bonchev–Trinajstić information content (AvgIpc) is 3.58. The number of rotatable bonds is 8. The van der Waals surface area contributed by atoms with Crippen LogP contribution < -0.4 is 15.8 Å². The van der Waals surface area contributed by atoms with Crippen LogP contribution in [0.2, 0.25) is 5.02 Å². The number of aryl methyl sites for hydroxylation is 1. The molecule has 5 aromatic rings. The van der Waals surface area contributed by atoms with Crippen molar-refractivity contribution in [2.75, 3.05) is 19.0 Å². The standard InChI is InChI=1S/C37H30ClNO4.C2H6.CH5N/c1-23-20-31(38)13-16-33(23)26-10-14-32(15-11-26)39-36(40)34(21-24-2-4-28(5-3-24)37(41)42)27-8-6-25(7-9-27)29-12-17-35-30(22-29)18-19-43-35;2*1-2/h2-17,20,22,34H,18-19,21H2,1H3,(H,39,40)(H,41,42);1-2H3;2H2,1H3. The fourth-order valence-electron chi connectivity index (χ4n) is 5.57. The molecule has 0 saturated carbocycles. The molecule has 6 rings (SSSR count). The molecule has 0 saturated heterocycles. The van der Waals surface area contributed by atoms with Crippen molar-refractivity contribution in [3.63, 3.8) is 0 Å². The molecule has 5 aromatic carbocycles. The Kier molecular flexibility index (Phi) is 12.3. The van der Waals surface area contributed by atoms with E-state index < -0.39 is 11.9 Å². The maximum Gasteiger partial charge on any atom is 0.335 e. The number of hydrogen-bond acceptors (Lipinski definition) is 4. The molecule has 7 heteroatoms. The second-order valence-electron chi connectivity index (χ2n) is 10.8. The smallest absolute Gasteiger partial charge is 0.335 e. The quantitative estimate of drug-likeness (QED) is 0.156. The van der Waals surface area contributed by atoms with Gasteiger partial charge in [0.25, 0.3) is 0 Å². The SMILES string of the molecule is CC.CN.Cc1cc(Cl)ccc1-c1ccc(NC(=O)C(Cc2ccc(C(=O)O)cc2)c2ccc(-c3ccc4c(c3)CCO4)cc2)cc1. The minimum Gasteiger partial charge on any atom is -0.493 e. The first-order valence-corrected chi connectivity index (χ1v) is 16.2. The summed E-state index contributed by atoms with van der Waals surface area (Å²) in [6, 6.07) is 34.6. The van der Waals surface area contributed by atoms with Gasteiger partial charge in [-0.3, -0.25) is 4.79 Å². The number of carbonyl (C=O) groups is 2. The van der Waals surface area contributed by atoms with Gasteiger partial charge in [-0.1, -0.05) is 86.1 Å². The first kappa shape index (κ1) is 35.0. The van der Waals surface area contributed by atoms with Crippen LogP contribution in [0.25, 0.3) is 22.3 Å². The first-order valence-electron chi connectivity index (χ1n) is 15.8. The van der Waals surface area contributed by atoms with Crippen molar-refractivity contribution in [3.05, 3.63) is 142 Å². The summed E-state index contributed by atoms with van der Waals surface area (Å²) >= 11 is 6.13. The number of carboxylic acid groups (broad SMARTS) is 1. The average molecular weight is 649 g/mol. The number of nitrogens with two attached hydrogens (primary N) is 1. The summed E-state index contributed by atoms with van der Waals surface area (Å²) in [5, 5.41) is 13.1. The Morgan fingerprint density at radius 3 is 2.11 bits per heavy atom. The van der Waals surface area contributed by atoms with Crippen LogP contribution in [0.15, 0.2) is 109 Å². The fourth-order valence-corrected chi connectivity index (χ4v) is 5.80. The third-order valence-corrected chi connectivity index (χ3v) is 8.18. The molecule has 47 heavy (non-hydrogen) atoms. The van der Waals surface area contributed by atoms with E-state index in [1.807, 2.05) is 93.6 Å². The summed E-state index contributed by atoms with van der Waals surface area (Å²) in [6.07, 6.45) is 1.33. The zero-order valence-electron chi connectivity index (χ0n) is 27.2. The van der Waals surface area contributed by atoms with E-state index in [0.29, 0.717) is 23.7 Å². The monoisotopic (exact) mass is 648 g/mol. The van der Waals surface area contributed by atoms with Crippen molar-refractivity contribution in [2.24, 2.45) is 5.73 Å². The Bertz CT molecular complexity index is 1800. The summed E-state index contributed by atoms with van der Waals surface area (Å²) in [5.41, 5.74) is 13.7. The lowest BCUT2D eigenvalue weighted by molar-refractivity contribution is -0.117. The summed E-state index contributed by atoms with van der Waals surface area (Å²) in [7, 11) is 1.50. The van der Waals surface area contributed by atoms with Gasteiger partial charge in [-0.15, -0.1) is 0 Å². The molecule has 1 aliphatic heterocycles. The molecule has 4 N–H and O–H groups in total. The molecular formula is C40H41ClN2O4. The van der Waals surface area contributed by atoms with E-state index in [1.165, 1.54) is 12.6 Å². The molecule has 0 aromatic heterocycles. The molecule has 1 heterocycles. The predicted molar refractivity (Wildman–Crippen MR) is 193 cm³/mol. The zero-order chi connectivity index (χ0) is 33.9. The number of amides is 1. The number of benzene rings is 5. The summed E-state index contributed by atoms with van der Waals surface area (Å²) in [5.74, 6) is -0.661. The molecule has 0 fully saturated rings. The number of ether oxygens (including phenoxy) is 1. The topological polar surface area (TPSA) is 102 Å². The number of anilines is 1. The minimum atomic E-state index is -0.980. The van der Waals surface area contributed by atoms with E-state index in [1.54, 1.807) is 24.3 Å². The van der Waals surface area contributed by atoms with Gasteiger partial charge < -0.3 is 20.9 Å².